The van der Waals surface area contributed by atoms with Crippen molar-refractivity contribution >= 4 is 34.0 Å². The van der Waals surface area contributed by atoms with E-state index in [0.717, 1.165) is 10.8 Å². The first kappa shape index (κ1) is 18.1. The standard InChI is InChI=1S/C20H16N2O5/c1-13-15(9-5-11-18(13)22(25)26)20(24)27-12-19(23)21-17-10-4-7-14-6-2-3-8-16(14)17/h2-11H,12H2,1H3,(H,21,23). The Morgan fingerprint density at radius 3 is 2.52 bits per heavy atom. The molecule has 0 aliphatic carbocycles. The number of hydrogen-bond donors (Lipinski definition) is 1. The summed E-state index contributed by atoms with van der Waals surface area (Å²) >= 11 is 0. The molecule has 0 radical (unpaired) electrons. The van der Waals surface area contributed by atoms with Gasteiger partial charge in [0.25, 0.3) is 11.6 Å². The summed E-state index contributed by atoms with van der Waals surface area (Å²) in [7, 11) is 0. The lowest BCUT2D eigenvalue weighted by molar-refractivity contribution is -0.385. The first-order chi connectivity index (χ1) is 13.0. The Kier molecular flexibility index (Phi) is 5.12. The smallest absolute Gasteiger partial charge is 0.339 e. The number of nitro benzene ring substituents is 1. The van der Waals surface area contributed by atoms with Crippen molar-refractivity contribution in [3.8, 4) is 0 Å². The van der Waals surface area contributed by atoms with Gasteiger partial charge in [-0.2, -0.15) is 0 Å². The molecule has 0 saturated carbocycles. The maximum absolute atomic E-state index is 12.2. The highest BCUT2D eigenvalue weighted by molar-refractivity contribution is 6.03. The second-order valence-electron chi connectivity index (χ2n) is 5.86. The Balaban J connectivity index is 1.68. The van der Waals surface area contributed by atoms with Crippen molar-refractivity contribution in [2.75, 3.05) is 11.9 Å². The van der Waals surface area contributed by atoms with E-state index >= 15 is 0 Å². The maximum Gasteiger partial charge on any atom is 0.339 e. The summed E-state index contributed by atoms with van der Waals surface area (Å²) in [5.74, 6) is -1.29. The molecule has 0 atom stereocenters. The van der Waals surface area contributed by atoms with E-state index in [4.69, 9.17) is 4.74 Å². The molecule has 0 fully saturated rings. The van der Waals surface area contributed by atoms with Crippen molar-refractivity contribution in [2.24, 2.45) is 0 Å². The molecule has 7 nitrogen and oxygen atoms in total. The van der Waals surface area contributed by atoms with Crippen molar-refractivity contribution < 1.29 is 19.2 Å². The quantitative estimate of drug-likeness (QED) is 0.421. The molecule has 7 heteroatoms. The van der Waals surface area contributed by atoms with Crippen LogP contribution in [-0.2, 0) is 9.53 Å². The number of amides is 1. The number of anilines is 1. The molecule has 0 bridgehead atoms. The zero-order chi connectivity index (χ0) is 19.4. The number of nitro groups is 1. The predicted octanol–water partition coefficient (Wildman–Crippen LogP) is 3.85. The normalized spacial score (nSPS) is 10.4. The summed E-state index contributed by atoms with van der Waals surface area (Å²) in [6, 6.07) is 17.2. The number of carbonyl (C=O) groups is 2. The third kappa shape index (κ3) is 3.92. The number of rotatable bonds is 5. The van der Waals surface area contributed by atoms with Crippen molar-refractivity contribution in [3.63, 3.8) is 0 Å². The van der Waals surface area contributed by atoms with Crippen molar-refractivity contribution in [1.82, 2.24) is 0 Å². The van der Waals surface area contributed by atoms with Gasteiger partial charge >= 0.3 is 5.97 Å². The molecule has 0 aromatic heterocycles. The predicted molar refractivity (Wildman–Crippen MR) is 101 cm³/mol. The molecule has 0 spiro atoms. The summed E-state index contributed by atoms with van der Waals surface area (Å²) in [5, 5.41) is 15.5. The van der Waals surface area contributed by atoms with E-state index in [-0.39, 0.29) is 16.8 Å². The Bertz CT molecular complexity index is 1040. The van der Waals surface area contributed by atoms with Crippen LogP contribution in [0.1, 0.15) is 15.9 Å². The van der Waals surface area contributed by atoms with E-state index in [1.54, 1.807) is 6.07 Å². The monoisotopic (exact) mass is 364 g/mol. The SMILES string of the molecule is Cc1c(C(=O)OCC(=O)Nc2cccc3ccccc23)cccc1[N+](=O)[O-]. The molecule has 3 aromatic rings. The van der Waals surface area contributed by atoms with Crippen LogP contribution in [0.5, 0.6) is 0 Å². The Morgan fingerprint density at radius 2 is 1.74 bits per heavy atom. The molecule has 0 aliphatic heterocycles. The lowest BCUT2D eigenvalue weighted by atomic mass is 10.1. The van der Waals surface area contributed by atoms with Crippen LogP contribution in [0.15, 0.2) is 60.7 Å². The van der Waals surface area contributed by atoms with Gasteiger partial charge in [-0.3, -0.25) is 14.9 Å². The second-order valence-corrected chi connectivity index (χ2v) is 5.86. The van der Waals surface area contributed by atoms with Crippen LogP contribution in [0.4, 0.5) is 11.4 Å². The highest BCUT2D eigenvalue weighted by atomic mass is 16.6. The first-order valence-corrected chi connectivity index (χ1v) is 8.16. The topological polar surface area (TPSA) is 98.5 Å². The number of nitrogens with zero attached hydrogens (tertiary/aromatic N) is 1. The summed E-state index contributed by atoms with van der Waals surface area (Å²) in [4.78, 5) is 34.7. The molecule has 3 rings (SSSR count). The third-order valence-electron chi connectivity index (χ3n) is 4.12. The summed E-state index contributed by atoms with van der Waals surface area (Å²) in [6.07, 6.45) is 0. The van der Waals surface area contributed by atoms with Crippen molar-refractivity contribution in [3.05, 3.63) is 81.9 Å². The van der Waals surface area contributed by atoms with Gasteiger partial charge in [0.2, 0.25) is 0 Å². The number of nitrogens with one attached hydrogen (secondary N) is 1. The highest BCUT2D eigenvalue weighted by Gasteiger charge is 2.19. The first-order valence-electron chi connectivity index (χ1n) is 8.16. The van der Waals surface area contributed by atoms with Crippen LogP contribution in [0.25, 0.3) is 10.8 Å². The second kappa shape index (κ2) is 7.65. The van der Waals surface area contributed by atoms with Crippen LogP contribution in [0.3, 0.4) is 0 Å². The van der Waals surface area contributed by atoms with Gasteiger partial charge in [-0.15, -0.1) is 0 Å². The zero-order valence-corrected chi connectivity index (χ0v) is 14.5. The lowest BCUT2D eigenvalue weighted by Crippen LogP contribution is -2.21. The fourth-order valence-electron chi connectivity index (χ4n) is 2.77. The van der Waals surface area contributed by atoms with Gasteiger partial charge in [0, 0.05) is 22.7 Å². The molecule has 0 heterocycles. The van der Waals surface area contributed by atoms with Gasteiger partial charge in [0.15, 0.2) is 6.61 Å². The molecule has 3 aromatic carbocycles. The Labute approximate surface area is 154 Å². The van der Waals surface area contributed by atoms with Gasteiger partial charge in [0.05, 0.1) is 10.5 Å². The molecule has 0 unspecified atom stereocenters. The van der Waals surface area contributed by atoms with E-state index in [2.05, 4.69) is 5.32 Å². The van der Waals surface area contributed by atoms with Gasteiger partial charge < -0.3 is 10.1 Å². The molecular formula is C20H16N2O5. The van der Waals surface area contributed by atoms with Gasteiger partial charge in [-0.25, -0.2) is 4.79 Å². The molecule has 27 heavy (non-hydrogen) atoms. The maximum atomic E-state index is 12.2. The minimum atomic E-state index is -0.788. The van der Waals surface area contributed by atoms with Gasteiger partial charge in [-0.1, -0.05) is 42.5 Å². The van der Waals surface area contributed by atoms with Crippen molar-refractivity contribution in [2.45, 2.75) is 6.92 Å². The fraction of sp³-hybridized carbons (Fsp3) is 0.100. The van der Waals surface area contributed by atoms with Crippen LogP contribution >= 0.6 is 0 Å². The summed E-state index contributed by atoms with van der Waals surface area (Å²) in [5.41, 5.74) is 0.689. The van der Waals surface area contributed by atoms with Crippen molar-refractivity contribution in [1.29, 1.82) is 0 Å². The Morgan fingerprint density at radius 1 is 1.04 bits per heavy atom. The zero-order valence-electron chi connectivity index (χ0n) is 14.5. The number of fused-ring (bicyclic) bond motifs is 1. The average molecular weight is 364 g/mol. The molecular weight excluding hydrogens is 348 g/mol. The molecule has 136 valence electrons. The van der Waals surface area contributed by atoms with E-state index in [1.165, 1.54) is 25.1 Å². The largest absolute Gasteiger partial charge is 0.452 e. The summed E-state index contributed by atoms with van der Waals surface area (Å²) < 4.78 is 5.02. The van der Waals surface area contributed by atoms with Crippen LogP contribution in [-0.4, -0.2) is 23.4 Å². The van der Waals surface area contributed by atoms with Gasteiger partial charge in [-0.05, 0) is 24.4 Å². The third-order valence-corrected chi connectivity index (χ3v) is 4.12. The molecule has 1 N–H and O–H groups in total. The molecule has 1 amide bonds. The van der Waals surface area contributed by atoms with Gasteiger partial charge in [0.1, 0.15) is 0 Å². The molecule has 0 saturated heterocycles. The van der Waals surface area contributed by atoms with E-state index in [1.807, 2.05) is 36.4 Å². The Hall–Kier alpha value is -3.74. The fourth-order valence-corrected chi connectivity index (χ4v) is 2.77. The van der Waals surface area contributed by atoms with Crippen LogP contribution in [0.2, 0.25) is 0 Å². The number of hydrogen-bond acceptors (Lipinski definition) is 5. The van der Waals surface area contributed by atoms with E-state index < -0.39 is 23.4 Å². The highest BCUT2D eigenvalue weighted by Crippen LogP contribution is 2.23. The number of carbonyl (C=O) groups excluding carboxylic acids is 2. The number of benzene rings is 3. The van der Waals surface area contributed by atoms with Crippen LogP contribution < -0.4 is 5.32 Å². The number of ether oxygens (including phenoxy) is 1. The average Bonchev–Trinajstić information content (AvgIpc) is 2.66. The minimum absolute atomic E-state index is 0.0576. The number of esters is 1. The van der Waals surface area contributed by atoms with Crippen LogP contribution in [0, 0.1) is 17.0 Å². The molecule has 0 aliphatic rings. The van der Waals surface area contributed by atoms with E-state index in [9.17, 15) is 19.7 Å². The van der Waals surface area contributed by atoms with E-state index in [0.29, 0.717) is 5.69 Å². The minimum Gasteiger partial charge on any atom is -0.452 e. The summed E-state index contributed by atoms with van der Waals surface area (Å²) in [6.45, 7) is 0.967. The lowest BCUT2D eigenvalue weighted by Gasteiger charge is -2.10.